The Kier molecular flexibility index (Phi) is 6.27. The van der Waals surface area contributed by atoms with E-state index in [0.29, 0.717) is 0 Å². The Balaban J connectivity index is 2.11. The average Bonchev–Trinajstić information content (AvgIpc) is 2.55. The second-order valence-corrected chi connectivity index (χ2v) is 5.58. The van der Waals surface area contributed by atoms with Crippen molar-refractivity contribution in [2.75, 3.05) is 13.2 Å². The average molecular weight is 341 g/mol. The molecule has 0 amide bonds. The maximum Gasteiger partial charge on any atom is 0.187 e. The summed E-state index contributed by atoms with van der Waals surface area (Å²) in [6.07, 6.45) is -14.8. The van der Waals surface area contributed by atoms with Gasteiger partial charge < -0.3 is 55.7 Å². The van der Waals surface area contributed by atoms with E-state index in [0.717, 1.165) is 0 Å². The molecule has 2 rings (SSSR count). The SMILES string of the molecule is NCC1O[C@H](O)C(O)[C@@H](O)[C@@H]1O[C@H]1OC(CO)[C@@H](O)[C@H](O)C1O. The third-order valence-corrected chi connectivity index (χ3v) is 4.03. The quantitative estimate of drug-likeness (QED) is 0.243. The van der Waals surface area contributed by atoms with Crippen LogP contribution in [-0.2, 0) is 14.2 Å². The fraction of sp³-hybridized carbons (Fsp3) is 1.00. The van der Waals surface area contributed by atoms with Gasteiger partial charge in [-0.15, -0.1) is 0 Å². The van der Waals surface area contributed by atoms with Crippen molar-refractivity contribution in [3.8, 4) is 0 Å². The molecular weight excluding hydrogens is 318 g/mol. The van der Waals surface area contributed by atoms with Gasteiger partial charge in [0.05, 0.1) is 6.61 Å². The Morgan fingerprint density at radius 3 is 2.00 bits per heavy atom. The molecule has 10 atom stereocenters. The van der Waals surface area contributed by atoms with Crippen LogP contribution in [0.2, 0.25) is 0 Å². The Morgan fingerprint density at radius 1 is 0.783 bits per heavy atom. The molecule has 2 saturated heterocycles. The fourth-order valence-electron chi connectivity index (χ4n) is 2.61. The molecule has 11 nitrogen and oxygen atoms in total. The highest BCUT2D eigenvalue weighted by Crippen LogP contribution is 2.28. The van der Waals surface area contributed by atoms with Crippen molar-refractivity contribution in [2.45, 2.75) is 61.4 Å². The lowest BCUT2D eigenvalue weighted by Crippen LogP contribution is -2.64. The molecule has 2 aliphatic heterocycles. The molecule has 0 spiro atoms. The first-order valence-corrected chi connectivity index (χ1v) is 7.17. The molecule has 23 heavy (non-hydrogen) atoms. The minimum absolute atomic E-state index is 0.178. The van der Waals surface area contributed by atoms with E-state index in [1.54, 1.807) is 0 Å². The Hall–Kier alpha value is -0.440. The number of ether oxygens (including phenoxy) is 3. The smallest absolute Gasteiger partial charge is 0.187 e. The molecule has 0 aromatic heterocycles. The zero-order valence-electron chi connectivity index (χ0n) is 12.1. The van der Waals surface area contributed by atoms with Gasteiger partial charge in [0.2, 0.25) is 0 Å². The summed E-state index contributed by atoms with van der Waals surface area (Å²) in [4.78, 5) is 0. The molecule has 0 aromatic rings. The second kappa shape index (κ2) is 7.63. The topological polar surface area (TPSA) is 195 Å². The largest absolute Gasteiger partial charge is 0.394 e. The highest BCUT2D eigenvalue weighted by atomic mass is 16.7. The number of rotatable bonds is 4. The van der Waals surface area contributed by atoms with Crippen molar-refractivity contribution < 1.29 is 50.0 Å². The van der Waals surface area contributed by atoms with Gasteiger partial charge in [0.25, 0.3) is 0 Å². The van der Waals surface area contributed by atoms with E-state index in [1.807, 2.05) is 0 Å². The van der Waals surface area contributed by atoms with Crippen molar-refractivity contribution in [1.82, 2.24) is 0 Å². The normalized spacial score (nSPS) is 51.7. The van der Waals surface area contributed by atoms with Crippen LogP contribution in [-0.4, -0.2) is 110 Å². The number of nitrogens with two attached hydrogens (primary N) is 1. The Morgan fingerprint density at radius 2 is 1.43 bits per heavy atom. The molecule has 2 fully saturated rings. The van der Waals surface area contributed by atoms with Crippen LogP contribution in [0.1, 0.15) is 0 Å². The first kappa shape index (κ1) is 18.9. The number of hydrogen-bond acceptors (Lipinski definition) is 11. The number of aliphatic hydroxyl groups excluding tert-OH is 7. The highest BCUT2D eigenvalue weighted by molar-refractivity contribution is 4.94. The van der Waals surface area contributed by atoms with Crippen molar-refractivity contribution in [1.29, 1.82) is 0 Å². The van der Waals surface area contributed by atoms with Crippen LogP contribution in [0.3, 0.4) is 0 Å². The van der Waals surface area contributed by atoms with Gasteiger partial charge in [-0.25, -0.2) is 0 Å². The third kappa shape index (κ3) is 3.65. The van der Waals surface area contributed by atoms with Crippen LogP contribution in [0.4, 0.5) is 0 Å². The van der Waals surface area contributed by atoms with Gasteiger partial charge in [-0.1, -0.05) is 0 Å². The molecule has 2 aliphatic rings. The van der Waals surface area contributed by atoms with Crippen LogP contribution >= 0.6 is 0 Å². The summed E-state index contributed by atoms with van der Waals surface area (Å²) in [5.74, 6) is 0. The van der Waals surface area contributed by atoms with E-state index in [1.165, 1.54) is 0 Å². The minimum Gasteiger partial charge on any atom is -0.394 e. The van der Waals surface area contributed by atoms with E-state index in [4.69, 9.17) is 25.1 Å². The molecule has 0 saturated carbocycles. The standard InChI is InChI=1S/C12H23NO10/c13-1-3-10(7(17)8(18)11(20)21-3)23-12-9(19)6(16)5(15)4(2-14)22-12/h3-12,14-20H,1-2,13H2/t3?,4?,5-,6+,7-,8?,9?,10-,11+,12-/m1/s1. The molecule has 11 heteroatoms. The maximum absolute atomic E-state index is 10.00. The summed E-state index contributed by atoms with van der Waals surface area (Å²) in [5.41, 5.74) is 5.46. The van der Waals surface area contributed by atoms with Gasteiger partial charge in [-0.05, 0) is 0 Å². The lowest BCUT2D eigenvalue weighted by Gasteiger charge is -2.45. The van der Waals surface area contributed by atoms with E-state index in [2.05, 4.69) is 0 Å². The molecule has 4 unspecified atom stereocenters. The molecule has 0 aliphatic carbocycles. The van der Waals surface area contributed by atoms with E-state index in [-0.39, 0.29) is 6.54 Å². The minimum atomic E-state index is -1.68. The monoisotopic (exact) mass is 341 g/mol. The van der Waals surface area contributed by atoms with Crippen LogP contribution in [0.25, 0.3) is 0 Å². The second-order valence-electron chi connectivity index (χ2n) is 5.58. The summed E-state index contributed by atoms with van der Waals surface area (Å²) in [7, 11) is 0. The summed E-state index contributed by atoms with van der Waals surface area (Å²) in [6.45, 7) is -0.820. The predicted molar refractivity (Wildman–Crippen MR) is 70.6 cm³/mol. The maximum atomic E-state index is 10.00. The van der Waals surface area contributed by atoms with Gasteiger partial charge in [-0.2, -0.15) is 0 Å². The molecule has 9 N–H and O–H groups in total. The lowest BCUT2D eigenvalue weighted by molar-refractivity contribution is -0.352. The van der Waals surface area contributed by atoms with Gasteiger partial charge in [-0.3, -0.25) is 0 Å². The van der Waals surface area contributed by atoms with Crippen molar-refractivity contribution >= 4 is 0 Å². The highest BCUT2D eigenvalue weighted by Gasteiger charge is 2.49. The van der Waals surface area contributed by atoms with E-state index in [9.17, 15) is 30.6 Å². The van der Waals surface area contributed by atoms with Crippen molar-refractivity contribution in [3.63, 3.8) is 0 Å². The molecule has 0 radical (unpaired) electrons. The number of aliphatic hydroxyl groups is 7. The predicted octanol–water partition coefficient (Wildman–Crippen LogP) is -5.43. The number of hydrogen-bond donors (Lipinski definition) is 8. The third-order valence-electron chi connectivity index (χ3n) is 4.03. The van der Waals surface area contributed by atoms with Gasteiger partial charge in [0.1, 0.15) is 48.8 Å². The van der Waals surface area contributed by atoms with Crippen LogP contribution in [0.15, 0.2) is 0 Å². The van der Waals surface area contributed by atoms with Gasteiger partial charge >= 0.3 is 0 Å². The Bertz CT molecular complexity index is 383. The summed E-state index contributed by atoms with van der Waals surface area (Å²) < 4.78 is 15.5. The van der Waals surface area contributed by atoms with E-state index >= 15 is 0 Å². The van der Waals surface area contributed by atoms with Crippen LogP contribution in [0.5, 0.6) is 0 Å². The first-order valence-electron chi connectivity index (χ1n) is 7.17. The zero-order valence-corrected chi connectivity index (χ0v) is 12.1. The van der Waals surface area contributed by atoms with Crippen LogP contribution < -0.4 is 5.73 Å². The van der Waals surface area contributed by atoms with Gasteiger partial charge in [0, 0.05) is 6.54 Å². The van der Waals surface area contributed by atoms with Crippen LogP contribution in [0, 0.1) is 0 Å². The molecule has 0 aromatic carbocycles. The molecule has 136 valence electrons. The Labute approximate surface area is 131 Å². The summed E-state index contributed by atoms with van der Waals surface area (Å²) in [6, 6.07) is 0. The molecular formula is C12H23NO10. The van der Waals surface area contributed by atoms with Crippen molar-refractivity contribution in [3.05, 3.63) is 0 Å². The van der Waals surface area contributed by atoms with E-state index < -0.39 is 68.0 Å². The zero-order chi connectivity index (χ0) is 17.3. The lowest BCUT2D eigenvalue weighted by atomic mass is 9.97. The van der Waals surface area contributed by atoms with Crippen molar-refractivity contribution in [2.24, 2.45) is 5.73 Å². The molecule has 0 bridgehead atoms. The summed E-state index contributed by atoms with van der Waals surface area (Å²) in [5, 5.41) is 67.5. The summed E-state index contributed by atoms with van der Waals surface area (Å²) >= 11 is 0. The molecule has 2 heterocycles. The first-order chi connectivity index (χ1) is 10.8. The fourth-order valence-corrected chi connectivity index (χ4v) is 2.61. The van der Waals surface area contributed by atoms with Gasteiger partial charge in [0.15, 0.2) is 12.6 Å².